The van der Waals surface area contributed by atoms with E-state index in [-0.39, 0.29) is 0 Å². The average molecular weight is 200 g/mol. The number of rotatable bonds is 7. The second-order valence-electron chi connectivity index (χ2n) is 4.61. The standard InChI is InChI=1S/C12H28N2/c1-7-8-14(10(2)3)12(5)9-11(4)13-6/h10-13H,7-9H2,1-6H3. The Labute approximate surface area is 90.1 Å². The van der Waals surface area contributed by atoms with Gasteiger partial charge in [0.15, 0.2) is 0 Å². The van der Waals surface area contributed by atoms with E-state index in [1.807, 2.05) is 7.05 Å². The van der Waals surface area contributed by atoms with E-state index in [9.17, 15) is 0 Å². The summed E-state index contributed by atoms with van der Waals surface area (Å²) in [4.78, 5) is 2.59. The van der Waals surface area contributed by atoms with Crippen molar-refractivity contribution in [1.82, 2.24) is 10.2 Å². The molecule has 0 rings (SSSR count). The van der Waals surface area contributed by atoms with E-state index in [1.165, 1.54) is 19.4 Å². The Morgan fingerprint density at radius 3 is 2.07 bits per heavy atom. The highest BCUT2D eigenvalue weighted by molar-refractivity contribution is 4.74. The maximum absolute atomic E-state index is 3.31. The third-order valence-corrected chi connectivity index (χ3v) is 2.90. The van der Waals surface area contributed by atoms with Gasteiger partial charge in [-0.3, -0.25) is 4.90 Å². The smallest absolute Gasteiger partial charge is 0.00843 e. The maximum atomic E-state index is 3.31. The predicted octanol–water partition coefficient (Wildman–Crippen LogP) is 2.49. The van der Waals surface area contributed by atoms with Gasteiger partial charge in [0.2, 0.25) is 0 Å². The molecule has 0 bridgehead atoms. The molecule has 1 N–H and O–H groups in total. The highest BCUT2D eigenvalue weighted by Gasteiger charge is 2.17. The van der Waals surface area contributed by atoms with E-state index in [2.05, 4.69) is 44.8 Å². The lowest BCUT2D eigenvalue weighted by Gasteiger charge is -2.33. The second kappa shape index (κ2) is 7.24. The molecule has 0 radical (unpaired) electrons. The van der Waals surface area contributed by atoms with E-state index in [0.29, 0.717) is 18.1 Å². The molecule has 14 heavy (non-hydrogen) atoms. The lowest BCUT2D eigenvalue weighted by Crippen LogP contribution is -2.42. The Bertz CT molecular complexity index is 134. The van der Waals surface area contributed by atoms with Gasteiger partial charge in [0, 0.05) is 18.1 Å². The fourth-order valence-electron chi connectivity index (χ4n) is 2.01. The van der Waals surface area contributed by atoms with Gasteiger partial charge < -0.3 is 5.32 Å². The van der Waals surface area contributed by atoms with Crippen molar-refractivity contribution >= 4 is 0 Å². The van der Waals surface area contributed by atoms with E-state index in [1.54, 1.807) is 0 Å². The molecule has 2 heteroatoms. The summed E-state index contributed by atoms with van der Waals surface area (Å²) >= 11 is 0. The minimum Gasteiger partial charge on any atom is -0.317 e. The molecule has 0 aromatic heterocycles. The van der Waals surface area contributed by atoms with Crippen LogP contribution in [0, 0.1) is 0 Å². The van der Waals surface area contributed by atoms with Gasteiger partial charge in [-0.2, -0.15) is 0 Å². The molecule has 2 atom stereocenters. The lowest BCUT2D eigenvalue weighted by atomic mass is 10.1. The van der Waals surface area contributed by atoms with E-state index in [4.69, 9.17) is 0 Å². The molecule has 86 valence electrons. The quantitative estimate of drug-likeness (QED) is 0.679. The monoisotopic (exact) mass is 200 g/mol. The molecule has 0 fully saturated rings. The van der Waals surface area contributed by atoms with E-state index in [0.717, 1.165) is 0 Å². The van der Waals surface area contributed by atoms with Crippen molar-refractivity contribution in [1.29, 1.82) is 0 Å². The van der Waals surface area contributed by atoms with Crippen molar-refractivity contribution < 1.29 is 0 Å². The second-order valence-corrected chi connectivity index (χ2v) is 4.61. The predicted molar refractivity (Wildman–Crippen MR) is 64.7 cm³/mol. The van der Waals surface area contributed by atoms with Gasteiger partial charge in [-0.25, -0.2) is 0 Å². The summed E-state index contributed by atoms with van der Waals surface area (Å²) in [6, 6.07) is 1.95. The van der Waals surface area contributed by atoms with Crippen LogP contribution in [-0.2, 0) is 0 Å². The molecule has 0 saturated carbocycles. The van der Waals surface area contributed by atoms with Crippen LogP contribution in [0.2, 0.25) is 0 Å². The van der Waals surface area contributed by atoms with E-state index >= 15 is 0 Å². The van der Waals surface area contributed by atoms with Crippen molar-refractivity contribution in [2.75, 3.05) is 13.6 Å². The van der Waals surface area contributed by atoms with Crippen molar-refractivity contribution in [2.24, 2.45) is 0 Å². The zero-order chi connectivity index (χ0) is 11.1. The van der Waals surface area contributed by atoms with Crippen LogP contribution in [0.1, 0.15) is 47.5 Å². The molecule has 0 aliphatic heterocycles. The van der Waals surface area contributed by atoms with Crippen molar-refractivity contribution in [3.05, 3.63) is 0 Å². The largest absolute Gasteiger partial charge is 0.317 e. The third-order valence-electron chi connectivity index (χ3n) is 2.90. The first kappa shape index (κ1) is 13.9. The molecule has 0 amide bonds. The maximum Gasteiger partial charge on any atom is 0.00843 e. The summed E-state index contributed by atoms with van der Waals surface area (Å²) in [7, 11) is 2.04. The summed E-state index contributed by atoms with van der Waals surface area (Å²) in [6.45, 7) is 12.6. The van der Waals surface area contributed by atoms with Crippen LogP contribution < -0.4 is 5.32 Å². The molecule has 0 heterocycles. The molecule has 0 aromatic carbocycles. The Morgan fingerprint density at radius 1 is 1.14 bits per heavy atom. The van der Waals surface area contributed by atoms with Crippen molar-refractivity contribution in [3.63, 3.8) is 0 Å². The zero-order valence-corrected chi connectivity index (χ0v) is 10.8. The summed E-state index contributed by atoms with van der Waals surface area (Å²) in [5.41, 5.74) is 0. The summed E-state index contributed by atoms with van der Waals surface area (Å²) in [5.74, 6) is 0. The molecule has 0 aromatic rings. The van der Waals surface area contributed by atoms with Crippen LogP contribution in [0.5, 0.6) is 0 Å². The topological polar surface area (TPSA) is 15.3 Å². The third kappa shape index (κ3) is 4.97. The normalized spacial score (nSPS) is 16.3. The first-order valence-electron chi connectivity index (χ1n) is 5.95. The van der Waals surface area contributed by atoms with Crippen LogP contribution in [0.4, 0.5) is 0 Å². The van der Waals surface area contributed by atoms with E-state index < -0.39 is 0 Å². The Kier molecular flexibility index (Phi) is 7.20. The Balaban J connectivity index is 4.07. The van der Waals surface area contributed by atoms with Crippen molar-refractivity contribution in [2.45, 2.75) is 65.6 Å². The number of hydrogen-bond donors (Lipinski definition) is 1. The fourth-order valence-corrected chi connectivity index (χ4v) is 2.01. The molecular formula is C12H28N2. The first-order chi connectivity index (χ1) is 6.52. The molecule has 0 spiro atoms. The Hall–Kier alpha value is -0.0800. The average Bonchev–Trinajstić information content (AvgIpc) is 2.13. The summed E-state index contributed by atoms with van der Waals surface area (Å²) in [5, 5.41) is 3.31. The summed E-state index contributed by atoms with van der Waals surface area (Å²) < 4.78 is 0. The molecular weight excluding hydrogens is 172 g/mol. The van der Waals surface area contributed by atoms with Crippen LogP contribution in [0.25, 0.3) is 0 Å². The van der Waals surface area contributed by atoms with Crippen LogP contribution >= 0.6 is 0 Å². The minimum absolute atomic E-state index is 0.614. The lowest BCUT2D eigenvalue weighted by molar-refractivity contribution is 0.149. The number of nitrogens with one attached hydrogen (secondary N) is 1. The van der Waals surface area contributed by atoms with Gasteiger partial charge in [0.05, 0.1) is 0 Å². The van der Waals surface area contributed by atoms with Gasteiger partial charge in [-0.05, 0) is 54.1 Å². The highest BCUT2D eigenvalue weighted by Crippen LogP contribution is 2.11. The number of nitrogens with zero attached hydrogens (tertiary/aromatic N) is 1. The van der Waals surface area contributed by atoms with Crippen LogP contribution in [0.15, 0.2) is 0 Å². The zero-order valence-electron chi connectivity index (χ0n) is 10.8. The molecule has 0 aliphatic rings. The molecule has 2 unspecified atom stereocenters. The molecule has 0 saturated heterocycles. The van der Waals surface area contributed by atoms with Gasteiger partial charge in [-0.15, -0.1) is 0 Å². The van der Waals surface area contributed by atoms with Gasteiger partial charge in [0.25, 0.3) is 0 Å². The SMILES string of the molecule is CCCN(C(C)C)C(C)CC(C)NC. The molecule has 0 aliphatic carbocycles. The minimum atomic E-state index is 0.614. The van der Waals surface area contributed by atoms with Crippen molar-refractivity contribution in [3.8, 4) is 0 Å². The highest BCUT2D eigenvalue weighted by atomic mass is 15.2. The Morgan fingerprint density at radius 2 is 1.71 bits per heavy atom. The van der Waals surface area contributed by atoms with Gasteiger partial charge >= 0.3 is 0 Å². The molecule has 2 nitrogen and oxygen atoms in total. The fraction of sp³-hybridized carbons (Fsp3) is 1.00. The first-order valence-corrected chi connectivity index (χ1v) is 5.95. The number of hydrogen-bond acceptors (Lipinski definition) is 2. The van der Waals surface area contributed by atoms with Crippen LogP contribution in [0.3, 0.4) is 0 Å². The van der Waals surface area contributed by atoms with Gasteiger partial charge in [0.1, 0.15) is 0 Å². The van der Waals surface area contributed by atoms with Gasteiger partial charge in [-0.1, -0.05) is 6.92 Å². The summed E-state index contributed by atoms with van der Waals surface area (Å²) in [6.07, 6.45) is 2.48. The van der Waals surface area contributed by atoms with Crippen LogP contribution in [-0.4, -0.2) is 36.6 Å².